The van der Waals surface area contributed by atoms with Gasteiger partial charge in [-0.05, 0) is 42.7 Å². The maximum atomic E-state index is 12.4. The van der Waals surface area contributed by atoms with Gasteiger partial charge in [-0.3, -0.25) is 14.3 Å². The van der Waals surface area contributed by atoms with E-state index in [1.807, 2.05) is 32.2 Å². The molecule has 1 aliphatic heterocycles. The second kappa shape index (κ2) is 6.31. The van der Waals surface area contributed by atoms with Gasteiger partial charge in [-0.1, -0.05) is 12.6 Å². The first-order valence-electron chi connectivity index (χ1n) is 7.84. The molecule has 0 saturated heterocycles. The highest BCUT2D eigenvalue weighted by Crippen LogP contribution is 2.29. The number of fused-ring (bicyclic) bond motifs is 1. The number of nitrogens with zero attached hydrogens (tertiary/aromatic N) is 3. The number of carbonyl (C=O) groups is 2. The van der Waals surface area contributed by atoms with Gasteiger partial charge in [0.2, 0.25) is 5.91 Å². The zero-order valence-electron chi connectivity index (χ0n) is 13.9. The number of aromatic nitrogens is 2. The highest BCUT2D eigenvalue weighted by atomic mass is 16.2. The van der Waals surface area contributed by atoms with Gasteiger partial charge in [-0.15, -0.1) is 0 Å². The van der Waals surface area contributed by atoms with E-state index in [4.69, 9.17) is 0 Å². The number of carbonyl (C=O) groups excluding carboxylic acids is 2. The number of hydrogen-bond acceptors (Lipinski definition) is 3. The quantitative estimate of drug-likeness (QED) is 0.878. The Morgan fingerprint density at radius 1 is 1.46 bits per heavy atom. The van der Waals surface area contributed by atoms with Gasteiger partial charge in [0.15, 0.2) is 0 Å². The molecule has 0 spiro atoms. The summed E-state index contributed by atoms with van der Waals surface area (Å²) in [6, 6.07) is 5.71. The maximum absolute atomic E-state index is 12.4. The standard InChI is InChI=1S/C18H20N4O2/c1-4-18(24)22(11-16-12(2)10-19-21(16)3)14-7-5-13-6-8-17(23)20-15(13)9-14/h4-5,7,9-10H,1,6,8,11H2,2-3H3,(H,20,23). The number of anilines is 2. The molecular formula is C18H20N4O2. The van der Waals surface area contributed by atoms with Crippen LogP contribution in [0.4, 0.5) is 11.4 Å². The van der Waals surface area contributed by atoms with Crippen molar-refractivity contribution in [2.75, 3.05) is 10.2 Å². The first kappa shape index (κ1) is 16.0. The maximum Gasteiger partial charge on any atom is 0.250 e. The van der Waals surface area contributed by atoms with Gasteiger partial charge in [0.05, 0.1) is 18.4 Å². The van der Waals surface area contributed by atoms with E-state index in [0.29, 0.717) is 13.0 Å². The van der Waals surface area contributed by atoms with Crippen molar-refractivity contribution >= 4 is 23.2 Å². The lowest BCUT2D eigenvalue weighted by Crippen LogP contribution is -2.30. The summed E-state index contributed by atoms with van der Waals surface area (Å²) in [5, 5.41) is 7.10. The molecule has 1 N–H and O–H groups in total. The average Bonchev–Trinajstić information content (AvgIpc) is 2.89. The molecule has 0 fully saturated rings. The first-order chi connectivity index (χ1) is 11.5. The molecule has 0 bridgehead atoms. The molecule has 6 heteroatoms. The highest BCUT2D eigenvalue weighted by molar-refractivity contribution is 6.02. The lowest BCUT2D eigenvalue weighted by Gasteiger charge is -2.25. The lowest BCUT2D eigenvalue weighted by atomic mass is 10.0. The second-order valence-corrected chi connectivity index (χ2v) is 5.92. The number of rotatable bonds is 4. The predicted molar refractivity (Wildman–Crippen MR) is 92.7 cm³/mol. The Hall–Kier alpha value is -2.89. The molecule has 2 aromatic rings. The van der Waals surface area contributed by atoms with Crippen molar-refractivity contribution in [2.24, 2.45) is 7.05 Å². The van der Waals surface area contributed by atoms with Crippen LogP contribution in [0.1, 0.15) is 23.2 Å². The van der Waals surface area contributed by atoms with Gasteiger partial charge in [0, 0.05) is 24.8 Å². The molecule has 0 saturated carbocycles. The lowest BCUT2D eigenvalue weighted by molar-refractivity contribution is -0.116. The zero-order chi connectivity index (χ0) is 17.3. The normalized spacial score (nSPS) is 13.2. The molecule has 2 amide bonds. The molecule has 1 aromatic heterocycles. The van der Waals surface area contributed by atoms with E-state index >= 15 is 0 Å². The minimum absolute atomic E-state index is 0.00345. The number of hydrogen-bond donors (Lipinski definition) is 1. The van der Waals surface area contributed by atoms with Gasteiger partial charge < -0.3 is 10.2 Å². The Kier molecular flexibility index (Phi) is 4.20. The van der Waals surface area contributed by atoms with Crippen LogP contribution in [0, 0.1) is 6.92 Å². The van der Waals surface area contributed by atoms with Crippen LogP contribution >= 0.6 is 0 Å². The molecule has 6 nitrogen and oxygen atoms in total. The van der Waals surface area contributed by atoms with Crippen molar-refractivity contribution in [1.29, 1.82) is 0 Å². The van der Waals surface area contributed by atoms with Gasteiger partial charge in [0.25, 0.3) is 5.91 Å². The molecule has 124 valence electrons. The first-order valence-corrected chi connectivity index (χ1v) is 7.84. The van der Waals surface area contributed by atoms with Crippen molar-refractivity contribution in [3.63, 3.8) is 0 Å². The van der Waals surface area contributed by atoms with Crippen LogP contribution < -0.4 is 10.2 Å². The van der Waals surface area contributed by atoms with E-state index in [1.54, 1.807) is 15.8 Å². The van der Waals surface area contributed by atoms with E-state index in [-0.39, 0.29) is 11.8 Å². The Balaban J connectivity index is 1.98. The van der Waals surface area contributed by atoms with Crippen LogP contribution in [0.5, 0.6) is 0 Å². The Morgan fingerprint density at radius 2 is 2.25 bits per heavy atom. The van der Waals surface area contributed by atoms with E-state index in [9.17, 15) is 9.59 Å². The van der Waals surface area contributed by atoms with E-state index < -0.39 is 0 Å². The van der Waals surface area contributed by atoms with Crippen LogP contribution in [-0.2, 0) is 29.6 Å². The van der Waals surface area contributed by atoms with E-state index in [1.165, 1.54) is 6.08 Å². The summed E-state index contributed by atoms with van der Waals surface area (Å²) in [5.74, 6) is -0.193. The van der Waals surface area contributed by atoms with Gasteiger partial charge in [-0.25, -0.2) is 0 Å². The summed E-state index contributed by atoms with van der Waals surface area (Å²) >= 11 is 0. The summed E-state index contributed by atoms with van der Waals surface area (Å²) in [4.78, 5) is 25.6. The molecule has 2 heterocycles. The molecular weight excluding hydrogens is 304 g/mol. The van der Waals surface area contributed by atoms with Crippen molar-refractivity contribution in [1.82, 2.24) is 9.78 Å². The Labute approximate surface area is 140 Å². The molecule has 24 heavy (non-hydrogen) atoms. The van der Waals surface area contributed by atoms with Gasteiger partial charge in [-0.2, -0.15) is 5.10 Å². The zero-order valence-corrected chi connectivity index (χ0v) is 13.9. The highest BCUT2D eigenvalue weighted by Gasteiger charge is 2.20. The van der Waals surface area contributed by atoms with Crippen molar-refractivity contribution in [2.45, 2.75) is 26.3 Å². The second-order valence-electron chi connectivity index (χ2n) is 5.92. The summed E-state index contributed by atoms with van der Waals surface area (Å²) in [5.41, 5.74) is 4.55. The van der Waals surface area contributed by atoms with Crippen LogP contribution in [-0.4, -0.2) is 21.6 Å². The fraction of sp³-hybridized carbons (Fsp3) is 0.278. The fourth-order valence-electron chi connectivity index (χ4n) is 2.88. The van der Waals surface area contributed by atoms with Crippen molar-refractivity contribution in [3.05, 3.63) is 53.9 Å². The Bertz CT molecular complexity index is 803. The van der Waals surface area contributed by atoms with E-state index in [2.05, 4.69) is 17.0 Å². The number of amides is 2. The van der Waals surface area contributed by atoms with Crippen LogP contribution in [0.25, 0.3) is 0 Å². The Morgan fingerprint density at radius 3 is 2.92 bits per heavy atom. The molecule has 0 aliphatic carbocycles. The SMILES string of the molecule is C=CC(=O)N(Cc1c(C)cnn1C)c1ccc2c(c1)NC(=O)CC2. The summed E-state index contributed by atoms with van der Waals surface area (Å²) < 4.78 is 1.76. The molecule has 0 atom stereocenters. The van der Waals surface area contributed by atoms with Crippen LogP contribution in [0.2, 0.25) is 0 Å². The average molecular weight is 324 g/mol. The predicted octanol–water partition coefficient (Wildman–Crippen LogP) is 2.33. The third-order valence-electron chi connectivity index (χ3n) is 4.32. The van der Waals surface area contributed by atoms with Gasteiger partial charge >= 0.3 is 0 Å². The third-order valence-corrected chi connectivity index (χ3v) is 4.32. The van der Waals surface area contributed by atoms with E-state index in [0.717, 1.165) is 34.6 Å². The molecule has 0 radical (unpaired) electrons. The minimum Gasteiger partial charge on any atom is -0.326 e. The largest absolute Gasteiger partial charge is 0.326 e. The monoisotopic (exact) mass is 324 g/mol. The number of aryl methyl sites for hydroxylation is 3. The topological polar surface area (TPSA) is 67.2 Å². The molecule has 1 aromatic carbocycles. The number of nitrogens with one attached hydrogen (secondary N) is 1. The molecule has 1 aliphatic rings. The molecule has 0 unspecified atom stereocenters. The van der Waals surface area contributed by atoms with Crippen molar-refractivity contribution in [3.8, 4) is 0 Å². The third kappa shape index (κ3) is 2.95. The summed E-state index contributed by atoms with van der Waals surface area (Å²) in [6.07, 6.45) is 4.29. The van der Waals surface area contributed by atoms with Crippen LogP contribution in [0.15, 0.2) is 37.1 Å². The summed E-state index contributed by atoms with van der Waals surface area (Å²) in [7, 11) is 1.85. The molecule has 3 rings (SSSR count). The van der Waals surface area contributed by atoms with Crippen molar-refractivity contribution < 1.29 is 9.59 Å². The minimum atomic E-state index is -0.197. The fourth-order valence-corrected chi connectivity index (χ4v) is 2.88. The van der Waals surface area contributed by atoms with Crippen LogP contribution in [0.3, 0.4) is 0 Å². The van der Waals surface area contributed by atoms with Gasteiger partial charge in [0.1, 0.15) is 0 Å². The number of benzene rings is 1. The smallest absolute Gasteiger partial charge is 0.250 e. The summed E-state index contributed by atoms with van der Waals surface area (Å²) in [6.45, 7) is 5.95.